The van der Waals surface area contributed by atoms with Gasteiger partial charge >= 0.3 is 0 Å². The number of unbranched alkanes of at least 4 members (excludes halogenated alkanes) is 3. The Balaban J connectivity index is 3.82. The van der Waals surface area contributed by atoms with Crippen LogP contribution in [0.5, 0.6) is 0 Å². The van der Waals surface area contributed by atoms with E-state index in [1.807, 2.05) is 6.08 Å². The predicted molar refractivity (Wildman–Crippen MR) is 83.6 cm³/mol. The summed E-state index contributed by atoms with van der Waals surface area (Å²) in [5, 5.41) is 0. The maximum Gasteiger partial charge on any atom is 0.00921 e. The lowest BCUT2D eigenvalue weighted by Gasteiger charge is -2.03. The van der Waals surface area contributed by atoms with Gasteiger partial charge in [0.05, 0.1) is 0 Å². The van der Waals surface area contributed by atoms with Gasteiger partial charge in [0.2, 0.25) is 0 Å². The van der Waals surface area contributed by atoms with Crippen LogP contribution in [0.25, 0.3) is 0 Å². The van der Waals surface area contributed by atoms with E-state index in [0.717, 1.165) is 12.8 Å². The molecule has 0 fully saturated rings. The van der Waals surface area contributed by atoms with E-state index in [2.05, 4.69) is 44.8 Å². The Bertz CT molecular complexity index is 283. The molecule has 0 saturated carbocycles. The van der Waals surface area contributed by atoms with Gasteiger partial charge in [-0.1, -0.05) is 69.6 Å². The number of rotatable bonds is 9. The van der Waals surface area contributed by atoms with Crippen LogP contribution in [0.4, 0.5) is 0 Å². The number of allylic oxidation sites excluding steroid dienone is 4. The Labute approximate surface area is 115 Å². The maximum absolute atomic E-state index is 3.18. The molecule has 0 heterocycles. The van der Waals surface area contributed by atoms with Gasteiger partial charge in [0, 0.05) is 6.42 Å². The molecule has 0 heteroatoms. The zero-order valence-electron chi connectivity index (χ0n) is 12.6. The van der Waals surface area contributed by atoms with Gasteiger partial charge in [-0.15, -0.1) is 0 Å². The standard InChI is InChI=1S/C18H30/c1-4-7-9-10-11-12-13-14-17-18(15-6-3)16-8-5-2/h12-13,16H,4-9,14-15,17H2,1-3H3/b13-12-,18-16+. The van der Waals surface area contributed by atoms with Crippen molar-refractivity contribution in [3.8, 4) is 11.8 Å². The fourth-order valence-electron chi connectivity index (χ4n) is 1.81. The summed E-state index contributed by atoms with van der Waals surface area (Å²) in [5.74, 6) is 6.30. The summed E-state index contributed by atoms with van der Waals surface area (Å²) in [5.41, 5.74) is 1.63. The molecule has 18 heavy (non-hydrogen) atoms. The molecule has 0 nitrogen and oxygen atoms in total. The van der Waals surface area contributed by atoms with Gasteiger partial charge < -0.3 is 0 Å². The van der Waals surface area contributed by atoms with Gasteiger partial charge in [-0.05, 0) is 38.2 Å². The van der Waals surface area contributed by atoms with Crippen LogP contribution >= 0.6 is 0 Å². The van der Waals surface area contributed by atoms with Crippen LogP contribution < -0.4 is 0 Å². The highest BCUT2D eigenvalue weighted by Gasteiger charge is 1.94. The molecular formula is C18H30. The van der Waals surface area contributed by atoms with Crippen molar-refractivity contribution >= 4 is 0 Å². The molecule has 0 bridgehead atoms. The SMILES string of the molecule is CCC/C=C(\CCC)CC/C=C\C#CCCCC. The third kappa shape index (κ3) is 11.5. The average molecular weight is 246 g/mol. The van der Waals surface area contributed by atoms with Crippen molar-refractivity contribution in [1.29, 1.82) is 0 Å². The van der Waals surface area contributed by atoms with Crippen molar-refractivity contribution < 1.29 is 0 Å². The Morgan fingerprint density at radius 1 is 0.944 bits per heavy atom. The molecule has 0 unspecified atom stereocenters. The summed E-state index contributed by atoms with van der Waals surface area (Å²) in [6.45, 7) is 6.70. The first-order chi connectivity index (χ1) is 8.85. The fourth-order valence-corrected chi connectivity index (χ4v) is 1.81. The van der Waals surface area contributed by atoms with Gasteiger partial charge in [0.15, 0.2) is 0 Å². The van der Waals surface area contributed by atoms with E-state index in [0.29, 0.717) is 0 Å². The molecular weight excluding hydrogens is 216 g/mol. The second kappa shape index (κ2) is 14.1. The number of hydrogen-bond acceptors (Lipinski definition) is 0. The molecule has 0 aliphatic rings. The van der Waals surface area contributed by atoms with E-state index in [9.17, 15) is 0 Å². The maximum atomic E-state index is 3.18. The molecule has 0 aromatic heterocycles. The largest absolute Gasteiger partial charge is 0.0985 e. The van der Waals surface area contributed by atoms with Crippen LogP contribution in [0.2, 0.25) is 0 Å². The van der Waals surface area contributed by atoms with Crippen LogP contribution in [0.15, 0.2) is 23.8 Å². The minimum absolute atomic E-state index is 1.04. The van der Waals surface area contributed by atoms with Crippen molar-refractivity contribution in [1.82, 2.24) is 0 Å². The molecule has 0 N–H and O–H groups in total. The first kappa shape index (κ1) is 17.0. The highest BCUT2D eigenvalue weighted by atomic mass is 14.0. The van der Waals surface area contributed by atoms with Crippen LogP contribution in [0.3, 0.4) is 0 Å². The Morgan fingerprint density at radius 2 is 1.78 bits per heavy atom. The summed E-state index contributed by atoms with van der Waals surface area (Å²) in [7, 11) is 0. The molecule has 0 radical (unpaired) electrons. The van der Waals surface area contributed by atoms with Crippen molar-refractivity contribution in [2.24, 2.45) is 0 Å². The Morgan fingerprint density at radius 3 is 2.44 bits per heavy atom. The molecule has 0 aromatic rings. The Kier molecular flexibility index (Phi) is 13.4. The van der Waals surface area contributed by atoms with Crippen molar-refractivity contribution in [3.63, 3.8) is 0 Å². The van der Waals surface area contributed by atoms with Crippen LogP contribution in [-0.2, 0) is 0 Å². The van der Waals surface area contributed by atoms with Crippen molar-refractivity contribution in [2.45, 2.75) is 78.6 Å². The summed E-state index contributed by atoms with van der Waals surface area (Å²) in [6, 6.07) is 0. The second-order valence-corrected chi connectivity index (χ2v) is 4.77. The summed E-state index contributed by atoms with van der Waals surface area (Å²) >= 11 is 0. The van der Waals surface area contributed by atoms with Gasteiger partial charge in [-0.25, -0.2) is 0 Å². The van der Waals surface area contributed by atoms with Gasteiger partial charge in [0.1, 0.15) is 0 Å². The van der Waals surface area contributed by atoms with E-state index in [4.69, 9.17) is 0 Å². The molecule has 102 valence electrons. The van der Waals surface area contributed by atoms with Crippen LogP contribution in [-0.4, -0.2) is 0 Å². The Hall–Kier alpha value is -0.960. The van der Waals surface area contributed by atoms with E-state index in [-0.39, 0.29) is 0 Å². The van der Waals surface area contributed by atoms with E-state index < -0.39 is 0 Å². The molecule has 0 aromatic carbocycles. The lowest BCUT2D eigenvalue weighted by Crippen LogP contribution is -1.83. The predicted octanol–water partition coefficient (Wildman–Crippen LogP) is 6.04. The normalized spacial score (nSPS) is 11.6. The number of hydrogen-bond donors (Lipinski definition) is 0. The van der Waals surface area contributed by atoms with Crippen molar-refractivity contribution in [2.75, 3.05) is 0 Å². The van der Waals surface area contributed by atoms with Gasteiger partial charge in [0.25, 0.3) is 0 Å². The molecule has 0 saturated heterocycles. The quantitative estimate of drug-likeness (QED) is 0.264. The molecule has 0 spiro atoms. The third-order valence-corrected chi connectivity index (χ3v) is 2.88. The lowest BCUT2D eigenvalue weighted by molar-refractivity contribution is 0.810. The molecule has 0 amide bonds. The van der Waals surface area contributed by atoms with Crippen molar-refractivity contribution in [3.05, 3.63) is 23.8 Å². The monoisotopic (exact) mass is 246 g/mol. The van der Waals surface area contributed by atoms with Gasteiger partial charge in [-0.3, -0.25) is 0 Å². The summed E-state index contributed by atoms with van der Waals surface area (Å²) < 4.78 is 0. The van der Waals surface area contributed by atoms with E-state index >= 15 is 0 Å². The third-order valence-electron chi connectivity index (χ3n) is 2.88. The first-order valence-corrected chi connectivity index (χ1v) is 7.66. The van der Waals surface area contributed by atoms with Crippen LogP contribution in [0.1, 0.15) is 78.6 Å². The minimum Gasteiger partial charge on any atom is -0.0985 e. The highest BCUT2D eigenvalue weighted by molar-refractivity contribution is 5.15. The lowest BCUT2D eigenvalue weighted by atomic mass is 10.0. The average Bonchev–Trinajstić information content (AvgIpc) is 2.39. The smallest absolute Gasteiger partial charge is 0.00921 e. The van der Waals surface area contributed by atoms with E-state index in [1.165, 1.54) is 44.9 Å². The topological polar surface area (TPSA) is 0 Å². The zero-order chi connectivity index (χ0) is 13.5. The minimum atomic E-state index is 1.04. The molecule has 0 rings (SSSR count). The fraction of sp³-hybridized carbons (Fsp3) is 0.667. The molecule has 0 aliphatic carbocycles. The van der Waals surface area contributed by atoms with Crippen LogP contribution in [0, 0.1) is 11.8 Å². The highest BCUT2D eigenvalue weighted by Crippen LogP contribution is 2.14. The second-order valence-electron chi connectivity index (χ2n) is 4.77. The summed E-state index contributed by atoms with van der Waals surface area (Å²) in [4.78, 5) is 0. The summed E-state index contributed by atoms with van der Waals surface area (Å²) in [6.07, 6.45) is 17.5. The molecule has 0 aliphatic heterocycles. The zero-order valence-corrected chi connectivity index (χ0v) is 12.6. The first-order valence-electron chi connectivity index (χ1n) is 7.66. The van der Waals surface area contributed by atoms with E-state index in [1.54, 1.807) is 5.57 Å². The van der Waals surface area contributed by atoms with Gasteiger partial charge in [-0.2, -0.15) is 0 Å². The molecule has 0 atom stereocenters.